The van der Waals surface area contributed by atoms with Gasteiger partial charge in [-0.15, -0.1) is 11.3 Å². The maximum Gasteiger partial charge on any atom is 0.335 e. The molecule has 0 bridgehead atoms. The highest BCUT2D eigenvalue weighted by Crippen LogP contribution is 2.26. The van der Waals surface area contributed by atoms with Gasteiger partial charge in [-0.2, -0.15) is 0 Å². The summed E-state index contributed by atoms with van der Waals surface area (Å²) in [6.07, 6.45) is 1.70. The lowest BCUT2D eigenvalue weighted by Crippen LogP contribution is -2.04. The van der Waals surface area contributed by atoms with Gasteiger partial charge in [0, 0.05) is 17.1 Å². The van der Waals surface area contributed by atoms with Crippen LogP contribution in [0.1, 0.15) is 20.2 Å². The van der Waals surface area contributed by atoms with Gasteiger partial charge in [-0.25, -0.2) is 9.78 Å². The van der Waals surface area contributed by atoms with Crippen LogP contribution >= 0.6 is 11.3 Å². The molecule has 0 aliphatic rings. The highest BCUT2D eigenvalue weighted by molar-refractivity contribution is 7.11. The van der Waals surface area contributed by atoms with Gasteiger partial charge in [0.1, 0.15) is 5.69 Å². The minimum absolute atomic E-state index is 0.115. The second-order valence-electron chi connectivity index (χ2n) is 3.99. The van der Waals surface area contributed by atoms with Crippen molar-refractivity contribution in [2.75, 3.05) is 5.32 Å². The molecule has 2 N–H and O–H groups in total. The molecular formula is C12H11N3O4S. The van der Waals surface area contributed by atoms with Crippen molar-refractivity contribution in [1.29, 1.82) is 0 Å². The van der Waals surface area contributed by atoms with Crippen LogP contribution in [-0.2, 0) is 6.54 Å². The number of carbonyl (C=O) groups is 1. The Bertz CT molecular complexity index is 668. The first-order valence-electron chi connectivity index (χ1n) is 5.64. The van der Waals surface area contributed by atoms with Gasteiger partial charge < -0.3 is 10.4 Å². The molecule has 0 fully saturated rings. The standard InChI is InChI=1S/C12H11N3O4S/c1-7-13-5-9(20-7)6-14-10-3-2-8(12(16)17)4-11(10)15(18)19/h2-5,14H,6H2,1H3,(H,16,17). The van der Waals surface area contributed by atoms with Gasteiger partial charge in [-0.1, -0.05) is 0 Å². The predicted molar refractivity (Wildman–Crippen MR) is 74.2 cm³/mol. The van der Waals surface area contributed by atoms with Crippen LogP contribution in [0.3, 0.4) is 0 Å². The first-order chi connectivity index (χ1) is 9.47. The zero-order valence-electron chi connectivity index (χ0n) is 10.5. The number of aromatic carboxylic acids is 1. The predicted octanol–water partition coefficient (Wildman–Crippen LogP) is 2.67. The highest BCUT2D eigenvalue weighted by atomic mass is 32.1. The third-order valence-corrected chi connectivity index (χ3v) is 3.48. The van der Waals surface area contributed by atoms with Gasteiger partial charge in [-0.3, -0.25) is 10.1 Å². The summed E-state index contributed by atoms with van der Waals surface area (Å²) in [5, 5.41) is 23.7. The number of nitro benzene ring substituents is 1. The van der Waals surface area contributed by atoms with E-state index < -0.39 is 10.9 Å². The molecular weight excluding hydrogens is 282 g/mol. The lowest BCUT2D eigenvalue weighted by Gasteiger charge is -2.06. The molecule has 8 heteroatoms. The number of rotatable bonds is 5. The van der Waals surface area contributed by atoms with Crippen LogP contribution in [-0.4, -0.2) is 21.0 Å². The number of nitrogens with zero attached hydrogens (tertiary/aromatic N) is 2. The van der Waals surface area contributed by atoms with Crippen LogP contribution in [0.25, 0.3) is 0 Å². The van der Waals surface area contributed by atoms with Gasteiger partial charge in [0.2, 0.25) is 0 Å². The summed E-state index contributed by atoms with van der Waals surface area (Å²) in [4.78, 5) is 26.2. The second kappa shape index (κ2) is 5.66. The van der Waals surface area contributed by atoms with Gasteiger partial charge in [0.25, 0.3) is 5.69 Å². The lowest BCUT2D eigenvalue weighted by molar-refractivity contribution is -0.384. The van der Waals surface area contributed by atoms with Gasteiger partial charge in [-0.05, 0) is 19.1 Å². The van der Waals surface area contributed by atoms with Crippen molar-refractivity contribution in [2.24, 2.45) is 0 Å². The third kappa shape index (κ3) is 3.09. The summed E-state index contributed by atoms with van der Waals surface area (Å²) in [6.45, 7) is 2.27. The Labute approximate surface area is 118 Å². The number of carboxylic acid groups (broad SMARTS) is 1. The number of benzene rings is 1. The van der Waals surface area contributed by atoms with Gasteiger partial charge in [0.05, 0.1) is 22.0 Å². The van der Waals surface area contributed by atoms with E-state index in [1.807, 2.05) is 6.92 Å². The molecule has 0 aliphatic carbocycles. The fourth-order valence-corrected chi connectivity index (χ4v) is 2.37. The largest absolute Gasteiger partial charge is 0.478 e. The molecule has 0 radical (unpaired) electrons. The Morgan fingerprint density at radius 1 is 1.55 bits per heavy atom. The molecule has 0 atom stereocenters. The number of carboxylic acids is 1. The maximum absolute atomic E-state index is 11.0. The van der Waals surface area contributed by atoms with E-state index in [1.54, 1.807) is 6.20 Å². The van der Waals surface area contributed by atoms with Crippen LogP contribution < -0.4 is 5.32 Å². The molecule has 0 aliphatic heterocycles. The average molecular weight is 293 g/mol. The van der Waals surface area contributed by atoms with Gasteiger partial charge in [0.15, 0.2) is 0 Å². The molecule has 0 saturated carbocycles. The molecule has 1 aromatic heterocycles. The topological polar surface area (TPSA) is 105 Å². The second-order valence-corrected chi connectivity index (χ2v) is 5.31. The molecule has 20 heavy (non-hydrogen) atoms. The Morgan fingerprint density at radius 3 is 2.85 bits per heavy atom. The number of aryl methyl sites for hydroxylation is 1. The summed E-state index contributed by atoms with van der Waals surface area (Å²) < 4.78 is 0. The lowest BCUT2D eigenvalue weighted by atomic mass is 10.1. The zero-order valence-corrected chi connectivity index (χ0v) is 11.3. The van der Waals surface area contributed by atoms with Gasteiger partial charge >= 0.3 is 5.97 Å². The van der Waals surface area contributed by atoms with E-state index in [2.05, 4.69) is 10.3 Å². The molecule has 2 aromatic rings. The molecule has 104 valence electrons. The van der Waals surface area contributed by atoms with Crippen LogP contribution in [0, 0.1) is 17.0 Å². The van der Waals surface area contributed by atoms with E-state index in [9.17, 15) is 14.9 Å². The third-order valence-electron chi connectivity index (χ3n) is 2.56. The molecule has 0 amide bonds. The Kier molecular flexibility index (Phi) is 3.94. The number of nitrogens with one attached hydrogen (secondary N) is 1. The Morgan fingerprint density at radius 2 is 2.30 bits per heavy atom. The van der Waals surface area contributed by atoms with Crippen molar-refractivity contribution in [3.05, 3.63) is 50.0 Å². The van der Waals surface area contributed by atoms with Crippen molar-refractivity contribution in [1.82, 2.24) is 4.98 Å². The monoisotopic (exact) mass is 293 g/mol. The van der Waals surface area contributed by atoms with E-state index in [4.69, 9.17) is 5.11 Å². The summed E-state index contributed by atoms with van der Waals surface area (Å²) in [5.74, 6) is -1.20. The van der Waals surface area contributed by atoms with Crippen molar-refractivity contribution in [3.8, 4) is 0 Å². The van der Waals surface area contributed by atoms with E-state index >= 15 is 0 Å². The summed E-state index contributed by atoms with van der Waals surface area (Å²) >= 11 is 1.49. The van der Waals surface area contributed by atoms with E-state index in [0.29, 0.717) is 6.54 Å². The maximum atomic E-state index is 11.0. The molecule has 0 spiro atoms. The summed E-state index contributed by atoms with van der Waals surface area (Å²) in [5.41, 5.74) is -0.0897. The van der Waals surface area contributed by atoms with Crippen molar-refractivity contribution >= 4 is 28.7 Å². The van der Waals surface area contributed by atoms with Crippen LogP contribution in [0.15, 0.2) is 24.4 Å². The minimum atomic E-state index is -1.20. The number of hydrogen-bond donors (Lipinski definition) is 2. The van der Waals surface area contributed by atoms with Crippen molar-refractivity contribution in [2.45, 2.75) is 13.5 Å². The molecule has 1 aromatic carbocycles. The van der Waals surface area contributed by atoms with E-state index in [-0.39, 0.29) is 16.9 Å². The quantitative estimate of drug-likeness (QED) is 0.648. The van der Waals surface area contributed by atoms with Crippen molar-refractivity contribution in [3.63, 3.8) is 0 Å². The highest BCUT2D eigenvalue weighted by Gasteiger charge is 2.17. The zero-order chi connectivity index (χ0) is 14.7. The first-order valence-corrected chi connectivity index (χ1v) is 6.46. The summed E-state index contributed by atoms with van der Waals surface area (Å²) in [7, 11) is 0. The smallest absolute Gasteiger partial charge is 0.335 e. The number of anilines is 1. The van der Waals surface area contributed by atoms with Crippen LogP contribution in [0.5, 0.6) is 0 Å². The van der Waals surface area contributed by atoms with E-state index in [0.717, 1.165) is 16.0 Å². The number of thiazole rings is 1. The molecule has 0 unspecified atom stereocenters. The molecule has 2 rings (SSSR count). The molecule has 7 nitrogen and oxygen atoms in total. The normalized spacial score (nSPS) is 10.2. The average Bonchev–Trinajstić information content (AvgIpc) is 2.81. The number of nitro groups is 1. The SMILES string of the molecule is Cc1ncc(CNc2ccc(C(=O)O)cc2[N+](=O)[O-])s1. The fraction of sp³-hybridized carbons (Fsp3) is 0.167. The number of hydrogen-bond acceptors (Lipinski definition) is 6. The molecule has 1 heterocycles. The van der Waals surface area contributed by atoms with E-state index in [1.165, 1.54) is 23.5 Å². The summed E-state index contributed by atoms with van der Waals surface area (Å²) in [6, 6.07) is 3.77. The first kappa shape index (κ1) is 13.9. The van der Waals surface area contributed by atoms with Crippen LogP contribution in [0.2, 0.25) is 0 Å². The number of aromatic nitrogens is 1. The van der Waals surface area contributed by atoms with Crippen molar-refractivity contribution < 1.29 is 14.8 Å². The fourth-order valence-electron chi connectivity index (χ4n) is 1.63. The Hall–Kier alpha value is -2.48. The minimum Gasteiger partial charge on any atom is -0.478 e. The molecule has 0 saturated heterocycles. The Balaban J connectivity index is 2.22. The van der Waals surface area contributed by atoms with Crippen LogP contribution in [0.4, 0.5) is 11.4 Å².